The molecule has 0 radical (unpaired) electrons. The van der Waals surface area contributed by atoms with Crippen LogP contribution in [-0.2, 0) is 47.8 Å². The van der Waals surface area contributed by atoms with Crippen LogP contribution in [0, 0.1) is 0 Å². The van der Waals surface area contributed by atoms with Crippen molar-refractivity contribution in [2.24, 2.45) is 0 Å². The zero-order chi connectivity index (χ0) is 15.9. The molecule has 0 aromatic heterocycles. The van der Waals surface area contributed by atoms with Crippen molar-refractivity contribution in [3.63, 3.8) is 0 Å². The van der Waals surface area contributed by atoms with Crippen LogP contribution in [0.1, 0.15) is 13.8 Å². The van der Waals surface area contributed by atoms with Gasteiger partial charge in [0.2, 0.25) is 0 Å². The molecule has 0 amide bonds. The van der Waals surface area contributed by atoms with E-state index < -0.39 is 44.5 Å². The summed E-state index contributed by atoms with van der Waals surface area (Å²) in [5.41, 5.74) is 0. The normalized spacial score (nSPS) is 15.7. The summed E-state index contributed by atoms with van der Waals surface area (Å²) in [6.45, 7) is 2.39. The minimum atomic E-state index is -7.63. The van der Waals surface area contributed by atoms with Gasteiger partial charge in [0.05, 0.1) is 0 Å². The van der Waals surface area contributed by atoms with Crippen molar-refractivity contribution in [1.29, 1.82) is 0 Å². The van der Waals surface area contributed by atoms with Crippen LogP contribution in [0.15, 0.2) is 0 Å². The summed E-state index contributed by atoms with van der Waals surface area (Å²) in [4.78, 5) is 0. The van der Waals surface area contributed by atoms with Gasteiger partial charge >= 0.3 is 112 Å². The van der Waals surface area contributed by atoms with E-state index in [2.05, 4.69) is 6.08 Å². The molecule has 0 aliphatic carbocycles. The van der Waals surface area contributed by atoms with Crippen molar-refractivity contribution >= 4 is 25.0 Å². The predicted octanol–water partition coefficient (Wildman–Crippen LogP) is -0.828. The SMILES string of the molecule is CC(C)[O][Ti](=[O])([O]S(C)(=O)=O)([S](C)(=O)=O)[S](C)(=O)=O. The van der Waals surface area contributed by atoms with Crippen LogP contribution in [0.2, 0.25) is 0 Å². The first-order chi connectivity index (χ1) is 7.94. The molecule has 116 valence electrons. The molecular weight excluding hydrogens is 360 g/mol. The van der Waals surface area contributed by atoms with Crippen LogP contribution in [0.4, 0.5) is 0 Å². The first-order valence-electron chi connectivity index (χ1n) is 4.80. The Morgan fingerprint density at radius 1 is 0.842 bits per heavy atom. The van der Waals surface area contributed by atoms with Crippen molar-refractivity contribution in [3.05, 3.63) is 0 Å². The second kappa shape index (κ2) is 4.93. The third-order valence-corrected chi connectivity index (χ3v) is 30.3. The Hall–Kier alpha value is 0.284. The molecular formula is C6H16O9S3Ti. The molecule has 0 rings (SSSR count). The minimum absolute atomic E-state index is 0.297. The van der Waals surface area contributed by atoms with E-state index in [0.29, 0.717) is 18.8 Å². The molecule has 13 heteroatoms. The summed E-state index contributed by atoms with van der Waals surface area (Å²) in [7, 11) is -14.6. The van der Waals surface area contributed by atoms with Gasteiger partial charge in [-0.3, -0.25) is 0 Å². The van der Waals surface area contributed by atoms with E-state index in [0.717, 1.165) is 0 Å². The Morgan fingerprint density at radius 2 is 1.16 bits per heavy atom. The molecule has 0 spiro atoms. The van der Waals surface area contributed by atoms with E-state index >= 15 is 0 Å². The standard InChI is InChI=1S/C3H7O.CH4O3S.2CH3O2S.O.Ti/c1-3(2)4;1-5(2,3)4;2*1-4(2)3;;/h3H,1-2H3;1H3,(H,2,3,4);2*1H3;;/q-1;;;;;+2/p-1. The second-order valence-corrected chi connectivity index (χ2v) is 26.6. The van der Waals surface area contributed by atoms with E-state index in [1.807, 2.05) is 0 Å². The Bertz CT molecular complexity index is 689. The summed E-state index contributed by atoms with van der Waals surface area (Å²) in [5.74, 6) is 0. The summed E-state index contributed by atoms with van der Waals surface area (Å²) in [6.07, 6.45) is -0.175. The van der Waals surface area contributed by atoms with Crippen LogP contribution in [-0.4, -0.2) is 50.1 Å². The van der Waals surface area contributed by atoms with Gasteiger partial charge in [-0.05, 0) is 0 Å². The van der Waals surface area contributed by atoms with Crippen molar-refractivity contribution < 1.29 is 48.1 Å². The quantitative estimate of drug-likeness (QED) is 0.544. The van der Waals surface area contributed by atoms with Gasteiger partial charge in [0.15, 0.2) is 0 Å². The number of rotatable bonds is 6. The Labute approximate surface area is 111 Å². The van der Waals surface area contributed by atoms with E-state index in [1.165, 1.54) is 13.8 Å². The van der Waals surface area contributed by atoms with E-state index in [4.69, 9.17) is 0 Å². The van der Waals surface area contributed by atoms with Gasteiger partial charge < -0.3 is 0 Å². The number of hydrogen-bond donors (Lipinski definition) is 0. The third kappa shape index (κ3) is 3.49. The van der Waals surface area contributed by atoms with Crippen molar-refractivity contribution in [2.45, 2.75) is 20.0 Å². The molecule has 0 aliphatic heterocycles. The summed E-state index contributed by atoms with van der Waals surface area (Å²) in [6, 6.07) is 0. The maximum absolute atomic E-state index is 12.7. The van der Waals surface area contributed by atoms with Gasteiger partial charge in [0.1, 0.15) is 0 Å². The van der Waals surface area contributed by atoms with Gasteiger partial charge in [0.25, 0.3) is 0 Å². The monoisotopic (exact) mass is 376 g/mol. The Kier molecular flexibility index (Phi) is 5.00. The van der Waals surface area contributed by atoms with E-state index in [1.54, 1.807) is 0 Å². The maximum atomic E-state index is 12.7. The Morgan fingerprint density at radius 3 is 1.32 bits per heavy atom. The average Bonchev–Trinajstić information content (AvgIpc) is 1.92. The second-order valence-electron chi connectivity index (χ2n) is 4.33. The molecule has 0 unspecified atom stereocenters. The zero-order valence-corrected chi connectivity index (χ0v) is 15.0. The third-order valence-electron chi connectivity index (χ3n) is 1.93. The summed E-state index contributed by atoms with van der Waals surface area (Å²) >= 11 is -7.63. The van der Waals surface area contributed by atoms with Crippen molar-refractivity contribution in [2.75, 3.05) is 18.8 Å². The molecule has 0 N–H and O–H groups in total. The topological polar surface area (TPSA) is 138 Å². The fourth-order valence-electron chi connectivity index (χ4n) is 1.23. The van der Waals surface area contributed by atoms with Crippen LogP contribution in [0.25, 0.3) is 0 Å². The van der Waals surface area contributed by atoms with Crippen LogP contribution >= 0.6 is 0 Å². The molecule has 0 heterocycles. The molecule has 0 atom stereocenters. The molecule has 0 bridgehead atoms. The molecule has 0 saturated heterocycles. The van der Waals surface area contributed by atoms with Gasteiger partial charge in [0, 0.05) is 0 Å². The molecule has 0 aromatic carbocycles. The number of hydrogen-bond acceptors (Lipinski definition) is 9. The van der Waals surface area contributed by atoms with Crippen LogP contribution in [0.3, 0.4) is 0 Å². The van der Waals surface area contributed by atoms with Gasteiger partial charge in [-0.2, -0.15) is 0 Å². The molecule has 19 heavy (non-hydrogen) atoms. The van der Waals surface area contributed by atoms with Gasteiger partial charge in [-0.25, -0.2) is 0 Å². The first-order valence-corrected chi connectivity index (χ1v) is 16.1. The molecule has 0 fully saturated rings. The summed E-state index contributed by atoms with van der Waals surface area (Å²) < 4.78 is 90.5. The molecule has 9 nitrogen and oxygen atoms in total. The van der Waals surface area contributed by atoms with Crippen molar-refractivity contribution in [1.82, 2.24) is 0 Å². The molecule has 0 aromatic rings. The average molecular weight is 376 g/mol. The molecule has 0 aliphatic rings. The first kappa shape index (κ1) is 19.3. The van der Waals surface area contributed by atoms with Crippen LogP contribution in [0.5, 0.6) is 0 Å². The fourth-order valence-corrected chi connectivity index (χ4v) is 26.5. The van der Waals surface area contributed by atoms with Crippen LogP contribution < -0.4 is 0 Å². The van der Waals surface area contributed by atoms with E-state index in [-0.39, 0.29) is 0 Å². The molecule has 0 saturated carbocycles. The zero-order valence-electron chi connectivity index (χ0n) is 11.0. The van der Waals surface area contributed by atoms with Gasteiger partial charge in [-0.1, -0.05) is 0 Å². The predicted molar refractivity (Wildman–Crippen MR) is 62.5 cm³/mol. The van der Waals surface area contributed by atoms with Gasteiger partial charge in [-0.15, -0.1) is 0 Å². The Balaban J connectivity index is 6.88. The summed E-state index contributed by atoms with van der Waals surface area (Å²) in [5, 5.41) is 0. The fraction of sp³-hybridized carbons (Fsp3) is 1.00. The van der Waals surface area contributed by atoms with E-state index in [9.17, 15) is 28.6 Å². The van der Waals surface area contributed by atoms with Crippen molar-refractivity contribution in [3.8, 4) is 0 Å².